The van der Waals surface area contributed by atoms with Crippen molar-refractivity contribution < 1.29 is 9.53 Å². The van der Waals surface area contributed by atoms with Crippen LogP contribution in [0.4, 0.5) is 0 Å². The van der Waals surface area contributed by atoms with Crippen LogP contribution in [0.2, 0.25) is 0 Å². The molecule has 0 aliphatic carbocycles. The molecule has 1 rings (SSSR count). The Balaban J connectivity index is 2.76. The molecule has 0 saturated heterocycles. The van der Waals surface area contributed by atoms with Crippen LogP contribution in [0.15, 0.2) is 17.3 Å². The van der Waals surface area contributed by atoms with Gasteiger partial charge in [0.25, 0.3) is 0 Å². The Hall–Kier alpha value is -0.620. The standard InChI is InChI=1S/C10H16N2O2S2/c1-4-6-7-8(9(13)14-5-2)16-10(15-3)12-11-7/h4,6-8,11H,5H2,1-3H3/b6-4+/t7-,8-/m1/s1. The summed E-state index contributed by atoms with van der Waals surface area (Å²) in [6.07, 6.45) is 5.77. The molecule has 1 aliphatic heterocycles. The molecule has 1 N–H and O–H groups in total. The fourth-order valence-electron chi connectivity index (χ4n) is 1.27. The molecular formula is C10H16N2O2S2. The molecule has 1 heterocycles. The van der Waals surface area contributed by atoms with Crippen molar-refractivity contribution in [1.29, 1.82) is 0 Å². The van der Waals surface area contributed by atoms with Crippen LogP contribution in [0.5, 0.6) is 0 Å². The fraction of sp³-hybridized carbons (Fsp3) is 0.600. The fourth-order valence-corrected chi connectivity index (χ4v) is 2.89. The summed E-state index contributed by atoms with van der Waals surface area (Å²) in [5.74, 6) is -0.190. The Morgan fingerprint density at radius 3 is 3.06 bits per heavy atom. The molecule has 0 aromatic carbocycles. The number of nitrogens with zero attached hydrogens (tertiary/aromatic N) is 1. The van der Waals surface area contributed by atoms with Gasteiger partial charge in [-0.2, -0.15) is 5.10 Å². The van der Waals surface area contributed by atoms with Crippen molar-refractivity contribution in [3.63, 3.8) is 0 Å². The molecule has 0 unspecified atom stereocenters. The third kappa shape index (κ3) is 3.45. The quantitative estimate of drug-likeness (QED) is 0.620. The van der Waals surface area contributed by atoms with Gasteiger partial charge in [-0.05, 0) is 20.1 Å². The van der Waals surface area contributed by atoms with E-state index in [0.717, 1.165) is 4.38 Å². The van der Waals surface area contributed by atoms with Crippen molar-refractivity contribution in [2.75, 3.05) is 12.9 Å². The van der Waals surface area contributed by atoms with Gasteiger partial charge >= 0.3 is 5.97 Å². The van der Waals surface area contributed by atoms with Crippen LogP contribution in [-0.2, 0) is 9.53 Å². The van der Waals surface area contributed by atoms with E-state index in [4.69, 9.17) is 4.74 Å². The molecule has 0 aromatic heterocycles. The van der Waals surface area contributed by atoms with Gasteiger partial charge < -0.3 is 4.74 Å². The van der Waals surface area contributed by atoms with E-state index in [0.29, 0.717) is 6.61 Å². The summed E-state index contributed by atoms with van der Waals surface area (Å²) >= 11 is 2.98. The molecule has 16 heavy (non-hydrogen) atoms. The Morgan fingerprint density at radius 2 is 2.50 bits per heavy atom. The van der Waals surface area contributed by atoms with Gasteiger partial charge in [0, 0.05) is 0 Å². The average Bonchev–Trinajstić information content (AvgIpc) is 2.30. The molecule has 2 atom stereocenters. The van der Waals surface area contributed by atoms with Gasteiger partial charge in [-0.25, -0.2) is 0 Å². The molecule has 0 spiro atoms. The van der Waals surface area contributed by atoms with Gasteiger partial charge in [-0.1, -0.05) is 23.9 Å². The lowest BCUT2D eigenvalue weighted by Gasteiger charge is -2.26. The molecule has 0 amide bonds. The predicted molar refractivity (Wildman–Crippen MR) is 70.7 cm³/mol. The topological polar surface area (TPSA) is 50.7 Å². The zero-order chi connectivity index (χ0) is 12.0. The average molecular weight is 260 g/mol. The van der Waals surface area contributed by atoms with Crippen LogP contribution in [0.1, 0.15) is 13.8 Å². The van der Waals surface area contributed by atoms with Crippen molar-refractivity contribution >= 4 is 33.9 Å². The van der Waals surface area contributed by atoms with Crippen LogP contribution in [-0.4, -0.2) is 34.5 Å². The maximum atomic E-state index is 11.8. The number of rotatable bonds is 3. The number of carbonyl (C=O) groups excluding carboxylic acids is 1. The first-order valence-electron chi connectivity index (χ1n) is 5.06. The number of allylic oxidation sites excluding steroid dienone is 1. The Bertz CT molecular complexity index is 305. The molecule has 0 radical (unpaired) electrons. The summed E-state index contributed by atoms with van der Waals surface area (Å²) in [7, 11) is 0. The number of thioether (sulfide) groups is 2. The zero-order valence-corrected chi connectivity index (χ0v) is 11.2. The van der Waals surface area contributed by atoms with E-state index in [1.807, 2.05) is 32.3 Å². The Morgan fingerprint density at radius 1 is 1.75 bits per heavy atom. The van der Waals surface area contributed by atoms with E-state index in [2.05, 4.69) is 10.5 Å². The van der Waals surface area contributed by atoms with Gasteiger partial charge in [-0.3, -0.25) is 10.2 Å². The summed E-state index contributed by atoms with van der Waals surface area (Å²) in [5, 5.41) is 3.92. The number of nitrogens with one attached hydrogen (secondary N) is 1. The van der Waals surface area contributed by atoms with E-state index >= 15 is 0 Å². The highest BCUT2D eigenvalue weighted by Gasteiger charge is 2.33. The number of hydrazone groups is 1. The van der Waals surface area contributed by atoms with Gasteiger partial charge in [0.15, 0.2) is 4.38 Å². The first-order chi connectivity index (χ1) is 7.72. The van der Waals surface area contributed by atoms with E-state index in [9.17, 15) is 4.79 Å². The molecule has 0 saturated carbocycles. The molecular weight excluding hydrogens is 244 g/mol. The van der Waals surface area contributed by atoms with Crippen molar-refractivity contribution in [2.24, 2.45) is 5.10 Å². The summed E-state index contributed by atoms with van der Waals surface area (Å²) in [6.45, 7) is 4.14. The van der Waals surface area contributed by atoms with Gasteiger partial charge in [-0.15, -0.1) is 11.8 Å². The van der Waals surface area contributed by atoms with E-state index in [-0.39, 0.29) is 17.3 Å². The highest BCUT2D eigenvalue weighted by Crippen LogP contribution is 2.27. The number of carbonyl (C=O) groups is 1. The van der Waals surface area contributed by atoms with Crippen molar-refractivity contribution in [3.8, 4) is 0 Å². The number of hydrogen-bond acceptors (Lipinski definition) is 6. The maximum absolute atomic E-state index is 11.8. The SMILES string of the molecule is C/C=C/[C@H]1NN=C(SC)S[C@H]1C(=O)OCC. The maximum Gasteiger partial charge on any atom is 0.322 e. The van der Waals surface area contributed by atoms with Crippen LogP contribution in [0.25, 0.3) is 0 Å². The molecule has 1 aliphatic rings. The number of esters is 1. The van der Waals surface area contributed by atoms with Gasteiger partial charge in [0.05, 0.1) is 12.6 Å². The van der Waals surface area contributed by atoms with E-state index < -0.39 is 0 Å². The lowest BCUT2D eigenvalue weighted by Crippen LogP contribution is -2.43. The number of hydrogen-bond donors (Lipinski definition) is 1. The smallest absolute Gasteiger partial charge is 0.322 e. The molecule has 0 aromatic rings. The molecule has 0 fully saturated rings. The molecule has 0 bridgehead atoms. The first kappa shape index (κ1) is 13.4. The lowest BCUT2D eigenvalue weighted by molar-refractivity contribution is -0.142. The normalized spacial score (nSPS) is 25.1. The van der Waals surface area contributed by atoms with Crippen LogP contribution in [0, 0.1) is 0 Å². The van der Waals surface area contributed by atoms with E-state index in [1.165, 1.54) is 23.5 Å². The predicted octanol–water partition coefficient (Wildman–Crippen LogP) is 1.83. The third-order valence-corrected chi connectivity index (χ3v) is 4.21. The van der Waals surface area contributed by atoms with Crippen LogP contribution >= 0.6 is 23.5 Å². The van der Waals surface area contributed by atoms with E-state index in [1.54, 1.807) is 0 Å². The second kappa shape index (κ2) is 6.85. The monoisotopic (exact) mass is 260 g/mol. The minimum absolute atomic E-state index is 0.0926. The largest absolute Gasteiger partial charge is 0.465 e. The Labute approximate surface area is 104 Å². The minimum atomic E-state index is -0.254. The molecule has 4 nitrogen and oxygen atoms in total. The highest BCUT2D eigenvalue weighted by atomic mass is 32.2. The highest BCUT2D eigenvalue weighted by molar-refractivity contribution is 8.39. The minimum Gasteiger partial charge on any atom is -0.465 e. The van der Waals surface area contributed by atoms with Crippen molar-refractivity contribution in [1.82, 2.24) is 5.43 Å². The van der Waals surface area contributed by atoms with Crippen LogP contribution < -0.4 is 5.43 Å². The van der Waals surface area contributed by atoms with Crippen molar-refractivity contribution in [2.45, 2.75) is 25.1 Å². The second-order valence-electron chi connectivity index (χ2n) is 3.05. The Kier molecular flexibility index (Phi) is 5.76. The molecule has 90 valence electrons. The summed E-state index contributed by atoms with van der Waals surface area (Å²) in [6, 6.07) is -0.0926. The summed E-state index contributed by atoms with van der Waals surface area (Å²) in [4.78, 5) is 11.8. The zero-order valence-electron chi connectivity index (χ0n) is 9.60. The molecule has 6 heteroatoms. The summed E-state index contributed by atoms with van der Waals surface area (Å²) in [5.41, 5.74) is 2.97. The second-order valence-corrected chi connectivity index (χ2v) is 5.24. The van der Waals surface area contributed by atoms with Crippen molar-refractivity contribution in [3.05, 3.63) is 12.2 Å². The van der Waals surface area contributed by atoms with Crippen LogP contribution in [0.3, 0.4) is 0 Å². The lowest BCUT2D eigenvalue weighted by atomic mass is 10.2. The first-order valence-corrected chi connectivity index (χ1v) is 7.16. The van der Waals surface area contributed by atoms with Gasteiger partial charge in [0.2, 0.25) is 0 Å². The summed E-state index contributed by atoms with van der Waals surface area (Å²) < 4.78 is 5.91. The third-order valence-electron chi connectivity index (χ3n) is 1.95. The van der Waals surface area contributed by atoms with Gasteiger partial charge in [0.1, 0.15) is 5.25 Å². The number of ether oxygens (including phenoxy) is 1.